The molecule has 7 heteroatoms. The molecule has 7 nitrogen and oxygen atoms in total. The first-order valence-electron chi connectivity index (χ1n) is 7.13. The highest BCUT2D eigenvalue weighted by Crippen LogP contribution is 2.31. The summed E-state index contributed by atoms with van der Waals surface area (Å²) < 4.78 is 1.86. The van der Waals surface area contributed by atoms with E-state index in [1.165, 1.54) is 24.3 Å². The van der Waals surface area contributed by atoms with Crippen molar-refractivity contribution >= 4 is 11.4 Å². The molecule has 0 bridgehead atoms. The molecule has 2 aromatic carbocycles. The number of benzene rings is 2. The number of nitrogens with zero attached hydrogens (tertiary/aromatic N) is 3. The van der Waals surface area contributed by atoms with Crippen molar-refractivity contribution in [2.75, 3.05) is 0 Å². The van der Waals surface area contributed by atoms with Gasteiger partial charge >= 0.3 is 0 Å². The highest BCUT2D eigenvalue weighted by atomic mass is 16.6. The minimum atomic E-state index is -0.437. The molecule has 1 heterocycles. The summed E-state index contributed by atoms with van der Waals surface area (Å²) in [5.41, 5.74) is 3.04. The Morgan fingerprint density at radius 1 is 0.750 bits per heavy atom. The summed E-state index contributed by atoms with van der Waals surface area (Å²) in [6.07, 6.45) is 0. The summed E-state index contributed by atoms with van der Waals surface area (Å²) in [5, 5.41) is 21.9. The van der Waals surface area contributed by atoms with Gasteiger partial charge in [-0.15, -0.1) is 0 Å². The maximum atomic E-state index is 10.9. The van der Waals surface area contributed by atoms with Crippen molar-refractivity contribution in [2.45, 2.75) is 0 Å². The zero-order valence-corrected chi connectivity index (χ0v) is 12.7. The maximum Gasteiger partial charge on any atom is 0.270 e. The summed E-state index contributed by atoms with van der Waals surface area (Å²) in [6, 6.07) is 16.4. The molecule has 120 valence electrons. The van der Waals surface area contributed by atoms with Gasteiger partial charge in [0.15, 0.2) is 0 Å². The van der Waals surface area contributed by atoms with Crippen LogP contribution in [0.2, 0.25) is 0 Å². The zero-order valence-electron chi connectivity index (χ0n) is 12.7. The fraction of sp³-hybridized carbons (Fsp3) is 0.0588. The van der Waals surface area contributed by atoms with Crippen molar-refractivity contribution in [1.82, 2.24) is 4.57 Å². The molecule has 3 aromatic rings. The van der Waals surface area contributed by atoms with Gasteiger partial charge in [-0.25, -0.2) is 0 Å². The SMILES string of the molecule is Cn1c(-c2cccc([N+](=O)[O-])c2)ccc1-c1cccc([N+](=O)[O-])c1. The van der Waals surface area contributed by atoms with Gasteiger partial charge < -0.3 is 4.57 Å². The second kappa shape index (κ2) is 5.96. The molecule has 3 rings (SSSR count). The van der Waals surface area contributed by atoms with Gasteiger partial charge in [0.2, 0.25) is 0 Å². The Balaban J connectivity index is 2.06. The lowest BCUT2D eigenvalue weighted by molar-refractivity contribution is -0.385. The molecule has 24 heavy (non-hydrogen) atoms. The van der Waals surface area contributed by atoms with Gasteiger partial charge in [-0.3, -0.25) is 20.2 Å². The van der Waals surface area contributed by atoms with Crippen molar-refractivity contribution in [1.29, 1.82) is 0 Å². The number of rotatable bonds is 4. The van der Waals surface area contributed by atoms with Crippen LogP contribution in [0.5, 0.6) is 0 Å². The molecule has 0 N–H and O–H groups in total. The Labute approximate surface area is 137 Å². The lowest BCUT2D eigenvalue weighted by Crippen LogP contribution is -1.96. The number of non-ortho nitro benzene ring substituents is 2. The Hall–Kier alpha value is -3.48. The highest BCUT2D eigenvalue weighted by molar-refractivity contribution is 5.71. The molecule has 0 aliphatic heterocycles. The molecule has 0 spiro atoms. The minimum absolute atomic E-state index is 0.0191. The van der Waals surface area contributed by atoms with Gasteiger partial charge in [-0.05, 0) is 12.1 Å². The molecule has 0 aliphatic carbocycles. The molecule has 0 radical (unpaired) electrons. The summed E-state index contributed by atoms with van der Waals surface area (Å²) in [4.78, 5) is 21.0. The van der Waals surface area contributed by atoms with Crippen LogP contribution in [-0.4, -0.2) is 14.4 Å². The average molecular weight is 323 g/mol. The standard InChI is InChI=1S/C17H13N3O4/c1-18-16(12-4-2-6-14(10-12)19(21)22)8-9-17(18)13-5-3-7-15(11-13)20(23)24/h2-11H,1H3. The van der Waals surface area contributed by atoms with Crippen LogP contribution in [0.1, 0.15) is 0 Å². The van der Waals surface area contributed by atoms with Gasteiger partial charge in [0.25, 0.3) is 11.4 Å². The zero-order chi connectivity index (χ0) is 17.3. The number of hydrogen-bond acceptors (Lipinski definition) is 4. The van der Waals surface area contributed by atoms with E-state index < -0.39 is 9.85 Å². The number of nitro benzene ring substituents is 2. The number of hydrogen-bond donors (Lipinski definition) is 0. The summed E-state index contributed by atoms with van der Waals surface area (Å²) in [5.74, 6) is 0. The molecule has 0 saturated carbocycles. The summed E-state index contributed by atoms with van der Waals surface area (Å²) in [7, 11) is 1.82. The van der Waals surface area contributed by atoms with E-state index >= 15 is 0 Å². The second-order valence-corrected chi connectivity index (χ2v) is 5.28. The predicted molar refractivity (Wildman–Crippen MR) is 89.6 cm³/mol. The third kappa shape index (κ3) is 2.74. The third-order valence-corrected chi connectivity index (χ3v) is 3.83. The maximum absolute atomic E-state index is 10.9. The van der Waals surface area contributed by atoms with Gasteiger partial charge in [-0.2, -0.15) is 0 Å². The van der Waals surface area contributed by atoms with E-state index in [-0.39, 0.29) is 11.4 Å². The van der Waals surface area contributed by atoms with Crippen molar-refractivity contribution in [3.05, 3.63) is 80.9 Å². The summed E-state index contributed by atoms with van der Waals surface area (Å²) in [6.45, 7) is 0. The molecule has 0 amide bonds. The molecule has 0 saturated heterocycles. The van der Waals surface area contributed by atoms with Crippen LogP contribution in [-0.2, 0) is 7.05 Å². The predicted octanol–water partition coefficient (Wildman–Crippen LogP) is 4.18. The first-order chi connectivity index (χ1) is 11.5. The lowest BCUT2D eigenvalue weighted by Gasteiger charge is -2.08. The van der Waals surface area contributed by atoms with E-state index in [0.29, 0.717) is 11.1 Å². The van der Waals surface area contributed by atoms with Gasteiger partial charge in [-0.1, -0.05) is 24.3 Å². The lowest BCUT2D eigenvalue weighted by atomic mass is 10.1. The molecular weight excluding hydrogens is 310 g/mol. The number of aromatic nitrogens is 1. The Bertz CT molecular complexity index is 872. The fourth-order valence-corrected chi connectivity index (χ4v) is 2.65. The fourth-order valence-electron chi connectivity index (χ4n) is 2.65. The molecule has 0 atom stereocenters. The molecular formula is C17H13N3O4. The molecule has 0 unspecified atom stereocenters. The Kier molecular flexibility index (Phi) is 3.83. The second-order valence-electron chi connectivity index (χ2n) is 5.28. The van der Waals surface area contributed by atoms with Crippen LogP contribution in [0.4, 0.5) is 11.4 Å². The van der Waals surface area contributed by atoms with Crippen molar-refractivity contribution < 1.29 is 9.85 Å². The van der Waals surface area contributed by atoms with Gasteiger partial charge in [0, 0.05) is 53.8 Å². The topological polar surface area (TPSA) is 91.2 Å². The normalized spacial score (nSPS) is 10.5. The first kappa shape index (κ1) is 15.4. The highest BCUT2D eigenvalue weighted by Gasteiger charge is 2.14. The summed E-state index contributed by atoms with van der Waals surface area (Å²) >= 11 is 0. The van der Waals surface area contributed by atoms with Crippen LogP contribution in [0.3, 0.4) is 0 Å². The minimum Gasteiger partial charge on any atom is -0.344 e. The average Bonchev–Trinajstić information content (AvgIpc) is 2.96. The van der Waals surface area contributed by atoms with E-state index in [4.69, 9.17) is 0 Å². The van der Waals surface area contributed by atoms with Crippen LogP contribution in [0.25, 0.3) is 22.5 Å². The Morgan fingerprint density at radius 2 is 1.17 bits per heavy atom. The van der Waals surface area contributed by atoms with Crippen molar-refractivity contribution in [2.24, 2.45) is 7.05 Å². The van der Waals surface area contributed by atoms with Crippen LogP contribution < -0.4 is 0 Å². The van der Waals surface area contributed by atoms with Crippen LogP contribution in [0.15, 0.2) is 60.7 Å². The van der Waals surface area contributed by atoms with Crippen LogP contribution in [0, 0.1) is 20.2 Å². The van der Waals surface area contributed by atoms with E-state index in [0.717, 1.165) is 11.4 Å². The Morgan fingerprint density at radius 3 is 1.54 bits per heavy atom. The largest absolute Gasteiger partial charge is 0.344 e. The van der Waals surface area contributed by atoms with E-state index in [9.17, 15) is 20.2 Å². The van der Waals surface area contributed by atoms with Gasteiger partial charge in [0.1, 0.15) is 0 Å². The smallest absolute Gasteiger partial charge is 0.270 e. The van der Waals surface area contributed by atoms with Crippen molar-refractivity contribution in [3.63, 3.8) is 0 Å². The first-order valence-corrected chi connectivity index (χ1v) is 7.13. The van der Waals surface area contributed by atoms with E-state index in [2.05, 4.69) is 0 Å². The third-order valence-electron chi connectivity index (χ3n) is 3.83. The molecule has 0 fully saturated rings. The van der Waals surface area contributed by atoms with Gasteiger partial charge in [0.05, 0.1) is 9.85 Å². The quantitative estimate of drug-likeness (QED) is 0.532. The monoisotopic (exact) mass is 323 g/mol. The van der Waals surface area contributed by atoms with E-state index in [1.807, 2.05) is 23.7 Å². The molecule has 0 aliphatic rings. The van der Waals surface area contributed by atoms with Crippen LogP contribution >= 0.6 is 0 Å². The number of nitro groups is 2. The van der Waals surface area contributed by atoms with Crippen molar-refractivity contribution in [3.8, 4) is 22.5 Å². The van der Waals surface area contributed by atoms with E-state index in [1.54, 1.807) is 24.3 Å². The molecule has 1 aromatic heterocycles.